The predicted molar refractivity (Wildman–Crippen MR) is 59.2 cm³/mol. The van der Waals surface area contributed by atoms with Crippen molar-refractivity contribution >= 4 is 28.9 Å². The minimum atomic E-state index is 0.334. The maximum atomic E-state index is 6.20. The molecule has 1 aliphatic heterocycles. The first kappa shape index (κ1) is 10.2. The molecule has 1 aromatic heterocycles. The Hall–Kier alpha value is -0.350. The minimum absolute atomic E-state index is 0.334. The molecule has 0 saturated carbocycles. The molecule has 1 aliphatic rings. The highest BCUT2D eigenvalue weighted by Gasteiger charge is 2.31. The summed E-state index contributed by atoms with van der Waals surface area (Å²) in [6.45, 7) is 1.89. The van der Waals surface area contributed by atoms with Crippen LogP contribution in [0.15, 0.2) is 12.3 Å². The number of hydrogen-bond donors (Lipinski definition) is 1. The molecule has 2 N–H and O–H groups in total. The normalized spacial score (nSPS) is 19.9. The first-order chi connectivity index (χ1) is 6.62. The molecule has 5 heteroatoms. The van der Waals surface area contributed by atoms with Crippen molar-refractivity contribution in [1.29, 1.82) is 0 Å². The molecule has 0 aliphatic carbocycles. The lowest BCUT2D eigenvalue weighted by atomic mass is 10.3. The molecule has 76 valence electrons. The lowest BCUT2D eigenvalue weighted by Crippen LogP contribution is -2.53. The van der Waals surface area contributed by atoms with Gasteiger partial charge in [0.25, 0.3) is 0 Å². The predicted octanol–water partition coefficient (Wildman–Crippen LogP) is 2.36. The van der Waals surface area contributed by atoms with Crippen molar-refractivity contribution in [2.24, 2.45) is 5.84 Å². The van der Waals surface area contributed by atoms with E-state index in [1.54, 1.807) is 6.20 Å². The second-order valence-electron chi connectivity index (χ2n) is 3.65. The minimum Gasteiger partial charge on any atom is -0.237 e. The lowest BCUT2D eigenvalue weighted by molar-refractivity contribution is 0.346. The van der Waals surface area contributed by atoms with E-state index < -0.39 is 0 Å². The molecule has 14 heavy (non-hydrogen) atoms. The van der Waals surface area contributed by atoms with Gasteiger partial charge in [0.2, 0.25) is 0 Å². The van der Waals surface area contributed by atoms with Gasteiger partial charge in [-0.2, -0.15) is 5.84 Å². The molecule has 0 bridgehead atoms. The second kappa shape index (κ2) is 3.66. The molecular weight excluding hydrogens is 221 g/mol. The summed E-state index contributed by atoms with van der Waals surface area (Å²) in [6, 6.07) is 1.81. The van der Waals surface area contributed by atoms with Gasteiger partial charge in [-0.05, 0) is 0 Å². The summed E-state index contributed by atoms with van der Waals surface area (Å²) < 4.78 is 0.434. The van der Waals surface area contributed by atoms with E-state index in [9.17, 15) is 0 Å². The first-order valence-electron chi connectivity index (χ1n) is 4.59. The third kappa shape index (κ3) is 1.73. The van der Waals surface area contributed by atoms with Crippen molar-refractivity contribution in [3.63, 3.8) is 0 Å². The zero-order valence-electron chi connectivity index (χ0n) is 7.71. The Kier molecular flexibility index (Phi) is 2.66. The van der Waals surface area contributed by atoms with Crippen LogP contribution in [-0.4, -0.2) is 18.1 Å². The van der Waals surface area contributed by atoms with Crippen LogP contribution >= 0.6 is 23.2 Å². The van der Waals surface area contributed by atoms with Gasteiger partial charge in [0.1, 0.15) is 18.2 Å². The Balaban J connectivity index is 2.36. The maximum absolute atomic E-state index is 6.20. The molecule has 0 atom stereocenters. The Labute approximate surface area is 93.0 Å². The van der Waals surface area contributed by atoms with E-state index in [2.05, 4.69) is 4.98 Å². The number of hydrogen-bond acceptors (Lipinski definition) is 2. The average molecular weight is 233 g/mol. The number of halogens is 2. The Morgan fingerprint density at radius 3 is 2.50 bits per heavy atom. The summed E-state index contributed by atoms with van der Waals surface area (Å²) in [7, 11) is 0. The molecule has 0 amide bonds. The van der Waals surface area contributed by atoms with Crippen LogP contribution in [0.1, 0.15) is 12.8 Å². The average Bonchev–Trinajstić information content (AvgIpc) is 2.58. The first-order valence-corrected chi connectivity index (χ1v) is 5.35. The van der Waals surface area contributed by atoms with Gasteiger partial charge in [0, 0.05) is 18.9 Å². The fraction of sp³-hybridized carbons (Fsp3) is 0.444. The summed E-state index contributed by atoms with van der Waals surface area (Å²) >= 11 is 11.6. The van der Waals surface area contributed by atoms with E-state index in [0.717, 1.165) is 31.6 Å². The molecule has 3 nitrogen and oxygen atoms in total. The van der Waals surface area contributed by atoms with Crippen molar-refractivity contribution in [3.8, 4) is 0 Å². The van der Waals surface area contributed by atoms with E-state index in [4.69, 9.17) is 29.0 Å². The van der Waals surface area contributed by atoms with Crippen LogP contribution in [0, 0.1) is 0 Å². The molecule has 2 rings (SSSR count). The quantitative estimate of drug-likeness (QED) is 0.459. The standard InChI is InChI=1S/C9H12Cl2N3/c10-8-5-7(6-13-9(8)11)14(12)3-1-2-4-14/h5-6H,1-4,12H2/q+1. The highest BCUT2D eigenvalue weighted by molar-refractivity contribution is 6.41. The van der Waals surface area contributed by atoms with Gasteiger partial charge in [0.15, 0.2) is 5.69 Å². The van der Waals surface area contributed by atoms with Gasteiger partial charge in [-0.1, -0.05) is 23.2 Å². The van der Waals surface area contributed by atoms with Gasteiger partial charge in [0.05, 0.1) is 11.2 Å². The zero-order chi connectivity index (χ0) is 10.2. The fourth-order valence-corrected chi connectivity index (χ4v) is 2.08. The smallest absolute Gasteiger partial charge is 0.172 e. The van der Waals surface area contributed by atoms with Gasteiger partial charge < -0.3 is 0 Å². The molecule has 0 unspecified atom stereocenters. The van der Waals surface area contributed by atoms with Crippen LogP contribution in [0.25, 0.3) is 0 Å². The Bertz CT molecular complexity index is 348. The molecule has 0 radical (unpaired) electrons. The summed E-state index contributed by atoms with van der Waals surface area (Å²) in [4.78, 5) is 4.01. The number of nitrogens with zero attached hydrogens (tertiary/aromatic N) is 2. The van der Waals surface area contributed by atoms with Gasteiger partial charge in [-0.25, -0.2) is 9.58 Å². The number of rotatable bonds is 1. The van der Waals surface area contributed by atoms with Crippen LogP contribution < -0.4 is 10.4 Å². The van der Waals surface area contributed by atoms with Crippen molar-refractivity contribution in [2.75, 3.05) is 13.1 Å². The van der Waals surface area contributed by atoms with E-state index in [1.165, 1.54) is 0 Å². The summed E-state index contributed by atoms with van der Waals surface area (Å²) in [5, 5.41) is 0.806. The van der Waals surface area contributed by atoms with Crippen molar-refractivity contribution in [1.82, 2.24) is 9.58 Å². The zero-order valence-corrected chi connectivity index (χ0v) is 9.22. The van der Waals surface area contributed by atoms with Crippen LogP contribution in [0.5, 0.6) is 0 Å². The topological polar surface area (TPSA) is 38.9 Å². The van der Waals surface area contributed by atoms with Crippen LogP contribution in [0.3, 0.4) is 0 Å². The highest BCUT2D eigenvalue weighted by Crippen LogP contribution is 2.29. The van der Waals surface area contributed by atoms with Crippen LogP contribution in [0.2, 0.25) is 10.2 Å². The van der Waals surface area contributed by atoms with Gasteiger partial charge in [-0.15, -0.1) is 0 Å². The number of nitrogens with two attached hydrogens (primary N) is 1. The van der Waals surface area contributed by atoms with E-state index in [0.29, 0.717) is 14.8 Å². The third-order valence-electron chi connectivity index (χ3n) is 2.66. The SMILES string of the molecule is N[N+]1(c2cnc(Cl)c(Cl)c2)CCCC1. The maximum Gasteiger partial charge on any atom is 0.172 e. The molecular formula is C9H12Cl2N3+. The van der Waals surface area contributed by atoms with Crippen LogP contribution in [0.4, 0.5) is 5.69 Å². The van der Waals surface area contributed by atoms with Crippen LogP contribution in [-0.2, 0) is 0 Å². The lowest BCUT2D eigenvalue weighted by Gasteiger charge is -2.26. The van der Waals surface area contributed by atoms with Gasteiger partial charge in [-0.3, -0.25) is 0 Å². The third-order valence-corrected chi connectivity index (χ3v) is 3.35. The molecule has 1 saturated heterocycles. The molecule has 1 aromatic rings. The van der Waals surface area contributed by atoms with E-state index in [1.807, 2.05) is 6.07 Å². The van der Waals surface area contributed by atoms with Crippen molar-refractivity contribution < 1.29 is 0 Å². The Morgan fingerprint density at radius 1 is 1.29 bits per heavy atom. The molecule has 2 heterocycles. The van der Waals surface area contributed by atoms with E-state index in [-0.39, 0.29) is 0 Å². The van der Waals surface area contributed by atoms with E-state index >= 15 is 0 Å². The fourth-order valence-electron chi connectivity index (χ4n) is 1.81. The number of aromatic nitrogens is 1. The number of quaternary nitrogens is 1. The summed E-state index contributed by atoms with van der Waals surface area (Å²) in [6.07, 6.45) is 4.01. The highest BCUT2D eigenvalue weighted by atomic mass is 35.5. The molecule has 0 aromatic carbocycles. The number of pyridine rings is 1. The monoisotopic (exact) mass is 232 g/mol. The van der Waals surface area contributed by atoms with Crippen molar-refractivity contribution in [2.45, 2.75) is 12.8 Å². The molecule has 1 fully saturated rings. The second-order valence-corrected chi connectivity index (χ2v) is 4.42. The van der Waals surface area contributed by atoms with Crippen molar-refractivity contribution in [3.05, 3.63) is 22.4 Å². The largest absolute Gasteiger partial charge is 0.237 e. The summed E-state index contributed by atoms with van der Waals surface area (Å²) in [5.41, 5.74) is 0.942. The summed E-state index contributed by atoms with van der Waals surface area (Å²) in [5.74, 6) is 6.20. The Morgan fingerprint density at radius 2 is 1.93 bits per heavy atom. The molecule has 0 spiro atoms. The van der Waals surface area contributed by atoms with Gasteiger partial charge >= 0.3 is 0 Å².